The maximum atomic E-state index is 13.0. The summed E-state index contributed by atoms with van der Waals surface area (Å²) >= 11 is 5.44. The lowest BCUT2D eigenvalue weighted by molar-refractivity contribution is -0.140. The Hall–Kier alpha value is -3.63. The molecular formula is C25H29N3O6S. The SMILES string of the molecule is COCCOC(=O)C1=C(C)N(C)C(=S)NC1c1ccc(NC(=O)c2c(OC)cccc2OC)cc1. The zero-order valence-corrected chi connectivity index (χ0v) is 21.2. The van der Waals surface area contributed by atoms with E-state index in [0.717, 1.165) is 5.56 Å². The third-order valence-electron chi connectivity index (χ3n) is 5.65. The number of anilines is 1. The highest BCUT2D eigenvalue weighted by molar-refractivity contribution is 7.80. The number of benzene rings is 2. The number of carbonyl (C=O) groups is 2. The number of ether oxygens (including phenoxy) is 4. The van der Waals surface area contributed by atoms with Crippen LogP contribution < -0.4 is 20.1 Å². The number of amides is 1. The largest absolute Gasteiger partial charge is 0.496 e. The Morgan fingerprint density at radius 1 is 1.03 bits per heavy atom. The van der Waals surface area contributed by atoms with Crippen LogP contribution in [0.1, 0.15) is 28.9 Å². The Balaban J connectivity index is 1.85. The molecule has 0 bridgehead atoms. The first-order chi connectivity index (χ1) is 16.8. The van der Waals surface area contributed by atoms with Crippen molar-refractivity contribution >= 4 is 34.9 Å². The molecule has 2 aromatic rings. The molecule has 1 aliphatic rings. The number of allylic oxidation sites excluding steroid dienone is 1. The number of methoxy groups -OCH3 is 3. The fraction of sp³-hybridized carbons (Fsp3) is 0.320. The second-order valence-electron chi connectivity index (χ2n) is 7.68. The van der Waals surface area contributed by atoms with Gasteiger partial charge in [0, 0.05) is 25.5 Å². The lowest BCUT2D eigenvalue weighted by atomic mass is 9.95. The summed E-state index contributed by atoms with van der Waals surface area (Å²) in [5.41, 5.74) is 2.79. The maximum absolute atomic E-state index is 13.0. The molecular weight excluding hydrogens is 470 g/mol. The highest BCUT2D eigenvalue weighted by atomic mass is 32.1. The monoisotopic (exact) mass is 499 g/mol. The highest BCUT2D eigenvalue weighted by Gasteiger charge is 2.33. The number of esters is 1. The summed E-state index contributed by atoms with van der Waals surface area (Å²) in [6, 6.07) is 11.8. The summed E-state index contributed by atoms with van der Waals surface area (Å²) in [6.07, 6.45) is 0. The van der Waals surface area contributed by atoms with Crippen LogP contribution in [0.2, 0.25) is 0 Å². The minimum Gasteiger partial charge on any atom is -0.496 e. The molecule has 1 heterocycles. The summed E-state index contributed by atoms with van der Waals surface area (Å²) in [7, 11) is 6.31. The van der Waals surface area contributed by atoms with Gasteiger partial charge in [-0.05, 0) is 49.0 Å². The second-order valence-corrected chi connectivity index (χ2v) is 8.07. The van der Waals surface area contributed by atoms with Gasteiger partial charge >= 0.3 is 5.97 Å². The Morgan fingerprint density at radius 3 is 2.23 bits per heavy atom. The van der Waals surface area contributed by atoms with Crippen LogP contribution in [0.25, 0.3) is 0 Å². The molecule has 0 aliphatic carbocycles. The van der Waals surface area contributed by atoms with Gasteiger partial charge in [-0.3, -0.25) is 4.79 Å². The van der Waals surface area contributed by atoms with E-state index < -0.39 is 12.0 Å². The summed E-state index contributed by atoms with van der Waals surface area (Å²) in [6.45, 7) is 2.27. The van der Waals surface area contributed by atoms with Crippen LogP contribution in [0.15, 0.2) is 53.7 Å². The van der Waals surface area contributed by atoms with E-state index in [4.69, 9.17) is 31.2 Å². The van der Waals surface area contributed by atoms with E-state index in [9.17, 15) is 9.59 Å². The van der Waals surface area contributed by atoms with Crippen LogP contribution in [0.3, 0.4) is 0 Å². The molecule has 9 nitrogen and oxygen atoms in total. The standard InChI is InChI=1S/C25H29N3O6S/c1-15-20(24(30)34-14-13-31-3)22(27-25(35)28(15)2)16-9-11-17(12-10-16)26-23(29)21-18(32-4)7-6-8-19(21)33-5/h6-12,22H,13-14H2,1-5H3,(H,26,29)(H,27,35). The van der Waals surface area contributed by atoms with Crippen LogP contribution in [0, 0.1) is 0 Å². The molecule has 0 aromatic heterocycles. The molecule has 2 N–H and O–H groups in total. The quantitative estimate of drug-likeness (QED) is 0.306. The van der Waals surface area contributed by atoms with E-state index in [1.54, 1.807) is 49.4 Å². The molecule has 0 fully saturated rings. The molecule has 1 atom stereocenters. The third-order valence-corrected chi connectivity index (χ3v) is 6.04. The van der Waals surface area contributed by atoms with Gasteiger partial charge in [0.1, 0.15) is 23.7 Å². The van der Waals surface area contributed by atoms with Crippen molar-refractivity contribution in [3.63, 3.8) is 0 Å². The van der Waals surface area contributed by atoms with Crippen molar-refractivity contribution in [3.05, 3.63) is 64.9 Å². The van der Waals surface area contributed by atoms with E-state index >= 15 is 0 Å². The van der Waals surface area contributed by atoms with Gasteiger partial charge in [-0.2, -0.15) is 0 Å². The number of hydrogen-bond acceptors (Lipinski definition) is 7. The Morgan fingerprint density at radius 2 is 1.66 bits per heavy atom. The van der Waals surface area contributed by atoms with Gasteiger partial charge in [0.25, 0.3) is 5.91 Å². The topological polar surface area (TPSA) is 98.4 Å². The number of carbonyl (C=O) groups excluding carboxylic acids is 2. The minimum absolute atomic E-state index is 0.143. The van der Waals surface area contributed by atoms with E-state index in [2.05, 4.69) is 10.6 Å². The van der Waals surface area contributed by atoms with E-state index in [-0.39, 0.29) is 12.5 Å². The van der Waals surface area contributed by atoms with Crippen LogP contribution in [0.4, 0.5) is 5.69 Å². The van der Waals surface area contributed by atoms with Crippen molar-refractivity contribution < 1.29 is 28.5 Å². The van der Waals surface area contributed by atoms with Crippen molar-refractivity contribution in [3.8, 4) is 11.5 Å². The van der Waals surface area contributed by atoms with Gasteiger partial charge in [-0.25, -0.2) is 4.79 Å². The van der Waals surface area contributed by atoms with Crippen molar-refractivity contribution in [2.75, 3.05) is 46.9 Å². The molecule has 0 saturated carbocycles. The Labute approximate surface area is 210 Å². The predicted octanol–water partition coefficient (Wildman–Crippen LogP) is 3.28. The van der Waals surface area contributed by atoms with Crippen molar-refractivity contribution in [1.29, 1.82) is 0 Å². The summed E-state index contributed by atoms with van der Waals surface area (Å²) in [5.74, 6) is -0.0182. The highest BCUT2D eigenvalue weighted by Crippen LogP contribution is 2.32. The molecule has 1 unspecified atom stereocenters. The number of hydrogen-bond donors (Lipinski definition) is 2. The van der Waals surface area contributed by atoms with Gasteiger partial charge in [0.2, 0.25) is 0 Å². The smallest absolute Gasteiger partial charge is 0.338 e. The van der Waals surface area contributed by atoms with Crippen LogP contribution >= 0.6 is 12.2 Å². The first kappa shape index (κ1) is 26.0. The van der Waals surface area contributed by atoms with Gasteiger partial charge < -0.3 is 34.5 Å². The predicted molar refractivity (Wildman–Crippen MR) is 136 cm³/mol. The number of nitrogens with zero attached hydrogens (tertiary/aromatic N) is 1. The minimum atomic E-state index is -0.507. The lowest BCUT2D eigenvalue weighted by Crippen LogP contribution is -2.46. The molecule has 0 saturated heterocycles. The van der Waals surface area contributed by atoms with Gasteiger partial charge in [0.05, 0.1) is 32.4 Å². The molecule has 35 heavy (non-hydrogen) atoms. The van der Waals surface area contributed by atoms with Crippen molar-refractivity contribution in [2.45, 2.75) is 13.0 Å². The van der Waals surface area contributed by atoms with Gasteiger partial charge in [-0.1, -0.05) is 18.2 Å². The van der Waals surface area contributed by atoms with Crippen molar-refractivity contribution in [2.24, 2.45) is 0 Å². The second kappa shape index (κ2) is 11.7. The van der Waals surface area contributed by atoms with Crippen molar-refractivity contribution in [1.82, 2.24) is 10.2 Å². The molecule has 186 valence electrons. The Kier molecular flexibility index (Phi) is 8.67. The lowest BCUT2D eigenvalue weighted by Gasteiger charge is -2.35. The molecule has 0 radical (unpaired) electrons. The molecule has 1 amide bonds. The molecule has 2 aromatic carbocycles. The van der Waals surface area contributed by atoms with E-state index in [1.807, 2.05) is 19.1 Å². The zero-order chi connectivity index (χ0) is 25.5. The Bertz CT molecular complexity index is 1110. The first-order valence-electron chi connectivity index (χ1n) is 10.9. The van der Waals surface area contributed by atoms with E-state index in [0.29, 0.717) is 45.7 Å². The average Bonchev–Trinajstić information content (AvgIpc) is 2.86. The van der Waals surface area contributed by atoms with Crippen LogP contribution in [-0.2, 0) is 14.3 Å². The number of rotatable bonds is 9. The first-order valence-corrected chi connectivity index (χ1v) is 11.3. The third kappa shape index (κ3) is 5.72. The van der Waals surface area contributed by atoms with Gasteiger partial charge in [0.15, 0.2) is 5.11 Å². The van der Waals surface area contributed by atoms with Crippen LogP contribution in [-0.4, -0.2) is 63.5 Å². The summed E-state index contributed by atoms with van der Waals surface area (Å²) in [4.78, 5) is 27.6. The molecule has 1 aliphatic heterocycles. The summed E-state index contributed by atoms with van der Waals surface area (Å²) in [5, 5.41) is 6.54. The average molecular weight is 500 g/mol. The molecule has 0 spiro atoms. The van der Waals surface area contributed by atoms with Gasteiger partial charge in [-0.15, -0.1) is 0 Å². The number of nitrogens with one attached hydrogen (secondary N) is 2. The zero-order valence-electron chi connectivity index (χ0n) is 20.3. The molecule has 3 rings (SSSR count). The fourth-order valence-corrected chi connectivity index (χ4v) is 3.93. The normalized spacial score (nSPS) is 15.4. The summed E-state index contributed by atoms with van der Waals surface area (Å²) < 4.78 is 21.0. The fourth-order valence-electron chi connectivity index (χ4n) is 3.67. The van der Waals surface area contributed by atoms with Crippen LogP contribution in [0.5, 0.6) is 11.5 Å². The molecule has 10 heteroatoms. The maximum Gasteiger partial charge on any atom is 0.338 e. The van der Waals surface area contributed by atoms with E-state index in [1.165, 1.54) is 14.2 Å². The number of thiocarbonyl (C=S) groups is 1.